The summed E-state index contributed by atoms with van der Waals surface area (Å²) in [5.74, 6) is -0.296. The Morgan fingerprint density at radius 1 is 1.10 bits per heavy atom. The molecule has 29 heavy (non-hydrogen) atoms. The maximum atomic E-state index is 13.9. The first kappa shape index (κ1) is 22.5. The summed E-state index contributed by atoms with van der Waals surface area (Å²) in [5, 5.41) is 2.80. The lowest BCUT2D eigenvalue weighted by molar-refractivity contribution is -0.129. The van der Waals surface area contributed by atoms with Crippen molar-refractivity contribution in [1.29, 1.82) is 0 Å². The second-order valence-corrected chi connectivity index (χ2v) is 6.57. The largest absolute Gasteiger partial charge is 0.490 e. The summed E-state index contributed by atoms with van der Waals surface area (Å²) in [7, 11) is 1.52. The highest BCUT2D eigenvalue weighted by atomic mass is 35.5. The minimum absolute atomic E-state index is 0.00223. The van der Waals surface area contributed by atoms with Crippen LogP contribution in [0.4, 0.5) is 4.39 Å². The zero-order chi connectivity index (χ0) is 21.4. The number of benzene rings is 2. The molecule has 2 aromatic carbocycles. The summed E-state index contributed by atoms with van der Waals surface area (Å²) in [6.45, 7) is 4.34. The van der Waals surface area contributed by atoms with Gasteiger partial charge in [-0.2, -0.15) is 0 Å². The first-order valence-corrected chi connectivity index (χ1v) is 9.59. The molecule has 0 aliphatic heterocycles. The third kappa shape index (κ3) is 6.09. The summed E-state index contributed by atoms with van der Waals surface area (Å²) in [6.07, 6.45) is 0. The van der Waals surface area contributed by atoms with Gasteiger partial charge in [0.05, 0.1) is 19.8 Å². The third-order valence-electron chi connectivity index (χ3n) is 4.09. The molecule has 0 saturated heterocycles. The molecule has 0 saturated carbocycles. The van der Waals surface area contributed by atoms with Gasteiger partial charge in [0.25, 0.3) is 5.91 Å². The Kier molecular flexibility index (Phi) is 8.27. The number of nitrogens with zero attached hydrogens (tertiary/aromatic N) is 1. The molecule has 1 N–H and O–H groups in total. The highest BCUT2D eigenvalue weighted by Gasteiger charge is 2.16. The molecule has 2 amide bonds. The topological polar surface area (TPSA) is 67.9 Å². The van der Waals surface area contributed by atoms with Gasteiger partial charge in [-0.15, -0.1) is 0 Å². The number of amides is 2. The van der Waals surface area contributed by atoms with Crippen molar-refractivity contribution in [2.75, 3.05) is 26.8 Å². The highest BCUT2D eigenvalue weighted by molar-refractivity contribution is 6.31. The molecule has 0 unspecified atom stereocenters. The van der Waals surface area contributed by atoms with Crippen LogP contribution in [0.3, 0.4) is 0 Å². The maximum Gasteiger partial charge on any atom is 0.251 e. The van der Waals surface area contributed by atoms with Gasteiger partial charge in [-0.1, -0.05) is 17.7 Å². The second-order valence-electron chi connectivity index (χ2n) is 6.16. The van der Waals surface area contributed by atoms with Gasteiger partial charge in [-0.05, 0) is 44.2 Å². The molecule has 0 fully saturated rings. The maximum absolute atomic E-state index is 13.9. The average molecular weight is 423 g/mol. The second kappa shape index (κ2) is 10.7. The van der Waals surface area contributed by atoms with Crippen LogP contribution in [0.5, 0.6) is 11.5 Å². The van der Waals surface area contributed by atoms with Gasteiger partial charge in [-0.3, -0.25) is 9.59 Å². The predicted octanol–water partition coefficient (Wildman–Crippen LogP) is 3.66. The van der Waals surface area contributed by atoms with E-state index in [0.29, 0.717) is 30.3 Å². The summed E-state index contributed by atoms with van der Waals surface area (Å²) < 4.78 is 24.9. The molecular formula is C21H24ClFN2O4. The molecule has 0 aliphatic carbocycles. The van der Waals surface area contributed by atoms with Crippen LogP contribution in [0.2, 0.25) is 5.02 Å². The summed E-state index contributed by atoms with van der Waals surface area (Å²) >= 11 is 5.99. The van der Waals surface area contributed by atoms with E-state index in [1.807, 2.05) is 13.8 Å². The van der Waals surface area contributed by atoms with Crippen molar-refractivity contribution in [3.63, 3.8) is 0 Å². The van der Waals surface area contributed by atoms with Crippen molar-refractivity contribution in [1.82, 2.24) is 10.2 Å². The van der Waals surface area contributed by atoms with Crippen LogP contribution in [0.15, 0.2) is 36.4 Å². The minimum atomic E-state index is -0.487. The molecule has 6 nitrogen and oxygen atoms in total. The fraction of sp³-hybridized carbons (Fsp3) is 0.333. The van der Waals surface area contributed by atoms with E-state index in [2.05, 4.69) is 5.32 Å². The SMILES string of the molecule is CCOc1ccc(C(=O)NCC(=O)N(C)Cc2c(F)cccc2Cl)cc1OCC. The van der Waals surface area contributed by atoms with E-state index in [4.69, 9.17) is 21.1 Å². The molecular weight excluding hydrogens is 399 g/mol. The fourth-order valence-electron chi connectivity index (χ4n) is 2.59. The smallest absolute Gasteiger partial charge is 0.251 e. The molecule has 0 aliphatic rings. The van der Waals surface area contributed by atoms with Gasteiger partial charge in [-0.25, -0.2) is 4.39 Å². The molecule has 0 bridgehead atoms. The Bertz CT molecular complexity index is 856. The van der Waals surface area contributed by atoms with Gasteiger partial charge < -0.3 is 19.7 Å². The van der Waals surface area contributed by atoms with Gasteiger partial charge in [0, 0.05) is 29.7 Å². The number of hydrogen-bond donors (Lipinski definition) is 1. The van der Waals surface area contributed by atoms with E-state index in [-0.39, 0.29) is 29.6 Å². The lowest BCUT2D eigenvalue weighted by Crippen LogP contribution is -2.38. The quantitative estimate of drug-likeness (QED) is 0.669. The molecule has 0 atom stereocenters. The fourth-order valence-corrected chi connectivity index (χ4v) is 2.82. The Balaban J connectivity index is 1.99. The highest BCUT2D eigenvalue weighted by Crippen LogP contribution is 2.28. The van der Waals surface area contributed by atoms with Gasteiger partial charge in [0.2, 0.25) is 5.91 Å². The van der Waals surface area contributed by atoms with E-state index >= 15 is 0 Å². The zero-order valence-corrected chi connectivity index (χ0v) is 17.4. The Morgan fingerprint density at radius 3 is 2.45 bits per heavy atom. The van der Waals surface area contributed by atoms with Crippen molar-refractivity contribution in [2.24, 2.45) is 0 Å². The summed E-state index contributed by atoms with van der Waals surface area (Å²) in [4.78, 5) is 26.0. The number of hydrogen-bond acceptors (Lipinski definition) is 4. The molecule has 0 aromatic heterocycles. The van der Waals surface area contributed by atoms with E-state index < -0.39 is 11.7 Å². The number of carbonyl (C=O) groups is 2. The van der Waals surface area contributed by atoms with Crippen LogP contribution in [0.25, 0.3) is 0 Å². The Labute approximate surface area is 174 Å². The molecule has 2 rings (SSSR count). The average Bonchev–Trinajstić information content (AvgIpc) is 2.70. The van der Waals surface area contributed by atoms with Crippen LogP contribution < -0.4 is 14.8 Å². The summed E-state index contributed by atoms with van der Waals surface area (Å²) in [6, 6.07) is 9.15. The number of rotatable bonds is 9. The number of nitrogens with one attached hydrogen (secondary N) is 1. The summed E-state index contributed by atoms with van der Waals surface area (Å²) in [5.41, 5.74) is 0.564. The molecule has 0 radical (unpaired) electrons. The van der Waals surface area contributed by atoms with Crippen molar-refractivity contribution in [3.8, 4) is 11.5 Å². The Morgan fingerprint density at radius 2 is 1.79 bits per heavy atom. The minimum Gasteiger partial charge on any atom is -0.490 e. The van der Waals surface area contributed by atoms with Crippen LogP contribution in [-0.2, 0) is 11.3 Å². The molecule has 2 aromatic rings. The molecule has 156 valence electrons. The van der Waals surface area contributed by atoms with Crippen molar-refractivity contribution >= 4 is 23.4 Å². The molecule has 0 spiro atoms. The number of carbonyl (C=O) groups excluding carboxylic acids is 2. The molecule has 8 heteroatoms. The lowest BCUT2D eigenvalue weighted by Gasteiger charge is -2.19. The normalized spacial score (nSPS) is 10.4. The van der Waals surface area contributed by atoms with Crippen LogP contribution >= 0.6 is 11.6 Å². The number of halogens is 2. The van der Waals surface area contributed by atoms with Crippen LogP contribution in [0.1, 0.15) is 29.8 Å². The van der Waals surface area contributed by atoms with E-state index in [1.54, 1.807) is 24.3 Å². The van der Waals surface area contributed by atoms with Crippen molar-refractivity contribution < 1.29 is 23.5 Å². The van der Waals surface area contributed by atoms with E-state index in [1.165, 1.54) is 24.1 Å². The third-order valence-corrected chi connectivity index (χ3v) is 4.44. The van der Waals surface area contributed by atoms with Crippen LogP contribution in [-0.4, -0.2) is 43.5 Å². The van der Waals surface area contributed by atoms with E-state index in [0.717, 1.165) is 0 Å². The van der Waals surface area contributed by atoms with Gasteiger partial charge in [0.1, 0.15) is 5.82 Å². The number of likely N-dealkylation sites (N-methyl/N-ethyl adjacent to an activating group) is 1. The van der Waals surface area contributed by atoms with E-state index in [9.17, 15) is 14.0 Å². The van der Waals surface area contributed by atoms with Gasteiger partial charge in [0.15, 0.2) is 11.5 Å². The Hall–Kier alpha value is -2.80. The van der Waals surface area contributed by atoms with Crippen molar-refractivity contribution in [3.05, 3.63) is 58.4 Å². The molecule has 0 heterocycles. The monoisotopic (exact) mass is 422 g/mol. The van der Waals surface area contributed by atoms with Crippen LogP contribution in [0, 0.1) is 5.82 Å². The standard InChI is InChI=1S/C21H24ClFN2O4/c1-4-28-18-10-9-14(11-19(18)29-5-2)21(27)24-12-20(26)25(3)13-15-16(22)7-6-8-17(15)23/h6-11H,4-5,12-13H2,1-3H3,(H,24,27). The first-order valence-electron chi connectivity index (χ1n) is 9.22. The lowest BCUT2D eigenvalue weighted by atomic mass is 10.2. The first-order chi connectivity index (χ1) is 13.9. The zero-order valence-electron chi connectivity index (χ0n) is 16.6. The van der Waals surface area contributed by atoms with Crippen molar-refractivity contribution in [2.45, 2.75) is 20.4 Å². The predicted molar refractivity (Wildman–Crippen MR) is 109 cm³/mol. The number of ether oxygens (including phenoxy) is 2. The van der Waals surface area contributed by atoms with Gasteiger partial charge >= 0.3 is 0 Å².